The smallest absolute Gasteiger partial charge is 0.355 e. The maximum Gasteiger partial charge on any atom is 0.416 e. The number of hydrogen-bond acceptors (Lipinski definition) is 2. The molecule has 1 atom stereocenters. The minimum atomic E-state index is -4.36. The zero-order valence-corrected chi connectivity index (χ0v) is 13.8. The van der Waals surface area contributed by atoms with Gasteiger partial charge in [-0.2, -0.15) is 13.2 Å². The van der Waals surface area contributed by atoms with Crippen LogP contribution in [0, 0.1) is 0 Å². The molecule has 0 saturated heterocycles. The van der Waals surface area contributed by atoms with Crippen molar-refractivity contribution in [2.45, 2.75) is 24.9 Å². The van der Waals surface area contributed by atoms with Gasteiger partial charge >= 0.3 is 6.18 Å². The van der Waals surface area contributed by atoms with Crippen LogP contribution >= 0.6 is 0 Å². The van der Waals surface area contributed by atoms with Gasteiger partial charge in [-0.3, -0.25) is 9.59 Å². The fraction of sp³-hybridized carbons (Fsp3) is 0.263. The van der Waals surface area contributed by atoms with E-state index in [4.69, 9.17) is 0 Å². The van der Waals surface area contributed by atoms with Crippen molar-refractivity contribution in [3.63, 3.8) is 0 Å². The molecule has 136 valence electrons. The highest BCUT2D eigenvalue weighted by Crippen LogP contribution is 2.32. The lowest BCUT2D eigenvalue weighted by Crippen LogP contribution is -2.35. The second kappa shape index (κ2) is 7.19. The van der Waals surface area contributed by atoms with Crippen molar-refractivity contribution in [3.05, 3.63) is 65.2 Å². The van der Waals surface area contributed by atoms with Gasteiger partial charge in [0.25, 0.3) is 0 Å². The maximum atomic E-state index is 12.5. The minimum absolute atomic E-state index is 0.0725. The van der Waals surface area contributed by atoms with E-state index in [0.29, 0.717) is 17.7 Å². The van der Waals surface area contributed by atoms with Crippen LogP contribution in [0.15, 0.2) is 48.5 Å². The van der Waals surface area contributed by atoms with Gasteiger partial charge < -0.3 is 10.6 Å². The molecule has 0 bridgehead atoms. The molecule has 1 heterocycles. The summed E-state index contributed by atoms with van der Waals surface area (Å²) in [4.78, 5) is 24.2. The molecule has 1 aliphatic heterocycles. The molecule has 2 amide bonds. The third kappa shape index (κ3) is 4.04. The summed E-state index contributed by atoms with van der Waals surface area (Å²) in [7, 11) is 0. The van der Waals surface area contributed by atoms with Crippen molar-refractivity contribution < 1.29 is 22.8 Å². The highest BCUT2D eigenvalue weighted by Gasteiger charge is 2.31. The van der Waals surface area contributed by atoms with E-state index in [2.05, 4.69) is 10.6 Å². The standard InChI is InChI=1S/C19H17F3N2O2/c20-19(21,22)13-7-5-12(6-8-13)9-10-23-18(26)15-11-17(25)24-16-4-2-1-3-14(15)16/h1-8,15H,9-11H2,(H,23,26)(H,24,25). The average molecular weight is 362 g/mol. The molecular weight excluding hydrogens is 345 g/mol. The van der Waals surface area contributed by atoms with Crippen LogP contribution in [0.5, 0.6) is 0 Å². The molecule has 0 saturated carbocycles. The molecular formula is C19H17F3N2O2. The van der Waals surface area contributed by atoms with E-state index in [0.717, 1.165) is 17.7 Å². The number of para-hydroxylation sites is 1. The van der Waals surface area contributed by atoms with Gasteiger partial charge in [0.15, 0.2) is 0 Å². The Labute approximate surface area is 148 Å². The molecule has 1 aliphatic rings. The first-order valence-electron chi connectivity index (χ1n) is 8.17. The summed E-state index contributed by atoms with van der Waals surface area (Å²) in [6.45, 7) is 0.282. The van der Waals surface area contributed by atoms with Crippen LogP contribution in [0.4, 0.5) is 18.9 Å². The van der Waals surface area contributed by atoms with Crippen molar-refractivity contribution in [1.82, 2.24) is 5.32 Å². The Morgan fingerprint density at radius 1 is 1.12 bits per heavy atom. The second-order valence-electron chi connectivity index (χ2n) is 6.13. The number of anilines is 1. The molecule has 2 N–H and O–H groups in total. The predicted octanol–water partition coefficient (Wildman–Crippen LogP) is 3.49. The van der Waals surface area contributed by atoms with Crippen molar-refractivity contribution in [2.75, 3.05) is 11.9 Å². The Hall–Kier alpha value is -2.83. The average Bonchev–Trinajstić information content (AvgIpc) is 2.60. The first kappa shape index (κ1) is 18.0. The van der Waals surface area contributed by atoms with Crippen molar-refractivity contribution in [2.24, 2.45) is 0 Å². The number of rotatable bonds is 4. The summed E-state index contributed by atoms with van der Waals surface area (Å²) in [6, 6.07) is 12.0. The van der Waals surface area contributed by atoms with E-state index in [1.165, 1.54) is 12.1 Å². The topological polar surface area (TPSA) is 58.2 Å². The van der Waals surface area contributed by atoms with Crippen LogP contribution in [-0.4, -0.2) is 18.4 Å². The zero-order valence-electron chi connectivity index (χ0n) is 13.8. The monoisotopic (exact) mass is 362 g/mol. The number of hydrogen-bond donors (Lipinski definition) is 2. The molecule has 1 unspecified atom stereocenters. The lowest BCUT2D eigenvalue weighted by Gasteiger charge is -2.24. The van der Waals surface area contributed by atoms with Crippen molar-refractivity contribution in [3.8, 4) is 0 Å². The molecule has 0 spiro atoms. The number of alkyl halides is 3. The Balaban J connectivity index is 1.59. The Morgan fingerprint density at radius 3 is 2.50 bits per heavy atom. The highest BCUT2D eigenvalue weighted by molar-refractivity contribution is 6.01. The number of carbonyl (C=O) groups is 2. The first-order valence-corrected chi connectivity index (χ1v) is 8.17. The van der Waals surface area contributed by atoms with E-state index in [1.54, 1.807) is 24.3 Å². The predicted molar refractivity (Wildman–Crippen MR) is 90.6 cm³/mol. The van der Waals surface area contributed by atoms with Crippen molar-refractivity contribution in [1.29, 1.82) is 0 Å². The van der Waals surface area contributed by atoms with E-state index in [-0.39, 0.29) is 24.8 Å². The minimum Gasteiger partial charge on any atom is -0.355 e. The van der Waals surface area contributed by atoms with E-state index >= 15 is 0 Å². The summed E-state index contributed by atoms with van der Waals surface area (Å²) in [6.07, 6.45) is -3.88. The van der Waals surface area contributed by atoms with E-state index < -0.39 is 17.7 Å². The molecule has 2 aromatic rings. The molecule has 26 heavy (non-hydrogen) atoms. The third-order valence-electron chi connectivity index (χ3n) is 4.31. The van der Waals surface area contributed by atoms with Crippen LogP contribution in [-0.2, 0) is 22.2 Å². The van der Waals surface area contributed by atoms with Gasteiger partial charge in [-0.15, -0.1) is 0 Å². The number of amides is 2. The van der Waals surface area contributed by atoms with Crippen LogP contribution in [0.3, 0.4) is 0 Å². The van der Waals surface area contributed by atoms with E-state index in [1.807, 2.05) is 0 Å². The zero-order chi connectivity index (χ0) is 18.7. The normalized spacial score (nSPS) is 16.6. The van der Waals surface area contributed by atoms with Crippen LogP contribution in [0.1, 0.15) is 29.0 Å². The van der Waals surface area contributed by atoms with Gasteiger partial charge in [-0.05, 0) is 35.7 Å². The maximum absolute atomic E-state index is 12.5. The molecule has 3 rings (SSSR count). The van der Waals surface area contributed by atoms with Crippen LogP contribution in [0.2, 0.25) is 0 Å². The molecule has 0 radical (unpaired) electrons. The highest BCUT2D eigenvalue weighted by atomic mass is 19.4. The Kier molecular flexibility index (Phi) is 4.97. The van der Waals surface area contributed by atoms with Gasteiger partial charge in [0, 0.05) is 18.7 Å². The third-order valence-corrected chi connectivity index (χ3v) is 4.31. The molecule has 0 aromatic heterocycles. The summed E-state index contributed by atoms with van der Waals surface area (Å²) in [5, 5.41) is 5.50. The molecule has 0 aliphatic carbocycles. The number of nitrogens with one attached hydrogen (secondary N) is 2. The number of halogens is 3. The molecule has 0 fully saturated rings. The van der Waals surface area contributed by atoms with Gasteiger partial charge in [0.05, 0.1) is 11.5 Å². The molecule has 4 nitrogen and oxygen atoms in total. The second-order valence-corrected chi connectivity index (χ2v) is 6.13. The van der Waals surface area contributed by atoms with Gasteiger partial charge in [0.2, 0.25) is 11.8 Å². The quantitative estimate of drug-likeness (QED) is 0.875. The first-order chi connectivity index (χ1) is 12.3. The van der Waals surface area contributed by atoms with Gasteiger partial charge in [0.1, 0.15) is 0 Å². The number of carbonyl (C=O) groups excluding carboxylic acids is 2. The van der Waals surface area contributed by atoms with Crippen molar-refractivity contribution >= 4 is 17.5 Å². The number of benzene rings is 2. The lowest BCUT2D eigenvalue weighted by molar-refractivity contribution is -0.137. The Bertz CT molecular complexity index is 816. The molecule has 7 heteroatoms. The molecule has 2 aromatic carbocycles. The fourth-order valence-corrected chi connectivity index (χ4v) is 2.96. The summed E-state index contributed by atoms with van der Waals surface area (Å²) >= 11 is 0. The van der Waals surface area contributed by atoms with Crippen LogP contribution in [0.25, 0.3) is 0 Å². The summed E-state index contributed by atoms with van der Waals surface area (Å²) < 4.78 is 37.6. The lowest BCUT2D eigenvalue weighted by atomic mass is 9.90. The largest absolute Gasteiger partial charge is 0.416 e. The van der Waals surface area contributed by atoms with E-state index in [9.17, 15) is 22.8 Å². The summed E-state index contributed by atoms with van der Waals surface area (Å²) in [5.74, 6) is -1.04. The van der Waals surface area contributed by atoms with Gasteiger partial charge in [-0.1, -0.05) is 30.3 Å². The Morgan fingerprint density at radius 2 is 1.81 bits per heavy atom. The summed E-state index contributed by atoms with van der Waals surface area (Å²) in [5.41, 5.74) is 1.39. The SMILES string of the molecule is O=C1CC(C(=O)NCCc2ccc(C(F)(F)F)cc2)c2ccccc2N1. The van der Waals surface area contributed by atoms with Gasteiger partial charge in [-0.25, -0.2) is 0 Å². The van der Waals surface area contributed by atoms with Crippen LogP contribution < -0.4 is 10.6 Å². The fourth-order valence-electron chi connectivity index (χ4n) is 2.96. The number of fused-ring (bicyclic) bond motifs is 1.